The molecule has 1 rings (SSSR count). The average molecular weight is 241 g/mol. The highest BCUT2D eigenvalue weighted by Gasteiger charge is 2.27. The standard InChI is InChI=1S/C12H23N3O2/c1-9(2)10(14-12(16)17-4)11(13-3)15-7-5-6-8-15/h9-10H,5-8H2,1-4H3,(H,14,16). The minimum atomic E-state index is -0.399. The predicted octanol–water partition coefficient (Wildman–Crippen LogP) is 1.49. The van der Waals surface area contributed by atoms with Crippen LogP contribution in [-0.4, -0.2) is 50.1 Å². The summed E-state index contributed by atoms with van der Waals surface area (Å²) in [7, 11) is 3.16. The predicted molar refractivity (Wildman–Crippen MR) is 68.3 cm³/mol. The lowest BCUT2D eigenvalue weighted by atomic mass is 10.0. The Balaban J connectivity index is 2.76. The van der Waals surface area contributed by atoms with E-state index >= 15 is 0 Å². The summed E-state index contributed by atoms with van der Waals surface area (Å²) >= 11 is 0. The second-order valence-electron chi connectivity index (χ2n) is 4.63. The monoisotopic (exact) mass is 241 g/mol. The summed E-state index contributed by atoms with van der Waals surface area (Å²) in [5, 5.41) is 2.86. The lowest BCUT2D eigenvalue weighted by Gasteiger charge is -2.30. The molecule has 0 saturated carbocycles. The molecule has 1 fully saturated rings. The van der Waals surface area contributed by atoms with E-state index in [1.54, 1.807) is 7.05 Å². The minimum absolute atomic E-state index is 0.0782. The molecule has 0 bridgehead atoms. The summed E-state index contributed by atoms with van der Waals surface area (Å²) < 4.78 is 4.66. The van der Waals surface area contributed by atoms with Crippen LogP contribution in [0.5, 0.6) is 0 Å². The van der Waals surface area contributed by atoms with Gasteiger partial charge in [0.1, 0.15) is 5.84 Å². The highest BCUT2D eigenvalue weighted by molar-refractivity contribution is 5.90. The van der Waals surface area contributed by atoms with Crippen molar-refractivity contribution in [3.8, 4) is 0 Å². The van der Waals surface area contributed by atoms with E-state index in [1.165, 1.54) is 20.0 Å². The number of amidine groups is 1. The van der Waals surface area contributed by atoms with E-state index in [1.807, 2.05) is 0 Å². The van der Waals surface area contributed by atoms with Crippen LogP contribution in [0.3, 0.4) is 0 Å². The third-order valence-electron chi connectivity index (χ3n) is 3.06. The molecule has 1 aliphatic rings. The Kier molecular flexibility index (Phi) is 5.25. The first kappa shape index (κ1) is 13.8. The summed E-state index contributed by atoms with van der Waals surface area (Å²) in [5.74, 6) is 1.25. The van der Waals surface area contributed by atoms with Gasteiger partial charge in [-0.1, -0.05) is 13.8 Å². The van der Waals surface area contributed by atoms with Gasteiger partial charge < -0.3 is 15.0 Å². The van der Waals surface area contributed by atoms with E-state index in [9.17, 15) is 4.79 Å². The molecular formula is C12H23N3O2. The molecule has 5 nitrogen and oxygen atoms in total. The number of hydrogen-bond donors (Lipinski definition) is 1. The molecule has 1 N–H and O–H groups in total. The Morgan fingerprint density at radius 2 is 1.94 bits per heavy atom. The topological polar surface area (TPSA) is 53.9 Å². The molecule has 5 heteroatoms. The van der Waals surface area contributed by atoms with E-state index in [0.29, 0.717) is 0 Å². The van der Waals surface area contributed by atoms with Gasteiger partial charge in [0.15, 0.2) is 0 Å². The van der Waals surface area contributed by atoms with Gasteiger partial charge in [-0.25, -0.2) is 4.79 Å². The second kappa shape index (κ2) is 6.47. The van der Waals surface area contributed by atoms with Gasteiger partial charge in [0, 0.05) is 20.1 Å². The minimum Gasteiger partial charge on any atom is -0.453 e. The highest BCUT2D eigenvalue weighted by Crippen LogP contribution is 2.14. The zero-order valence-corrected chi connectivity index (χ0v) is 11.2. The number of alkyl carbamates (subject to hydrolysis) is 1. The molecule has 1 atom stereocenters. The van der Waals surface area contributed by atoms with Crippen LogP contribution in [-0.2, 0) is 4.74 Å². The molecule has 17 heavy (non-hydrogen) atoms. The fourth-order valence-corrected chi connectivity index (χ4v) is 2.14. The Bertz CT molecular complexity index is 283. The summed E-state index contributed by atoms with van der Waals surface area (Å²) in [4.78, 5) is 18.0. The van der Waals surface area contributed by atoms with Crippen molar-refractivity contribution < 1.29 is 9.53 Å². The van der Waals surface area contributed by atoms with Crippen LogP contribution < -0.4 is 5.32 Å². The van der Waals surface area contributed by atoms with Crippen molar-refractivity contribution in [3.05, 3.63) is 0 Å². The lowest BCUT2D eigenvalue weighted by molar-refractivity contribution is 0.166. The molecule has 1 unspecified atom stereocenters. The average Bonchev–Trinajstić information content (AvgIpc) is 2.81. The van der Waals surface area contributed by atoms with Gasteiger partial charge in [-0.3, -0.25) is 4.99 Å². The summed E-state index contributed by atoms with van der Waals surface area (Å²) in [6.07, 6.45) is 1.99. The van der Waals surface area contributed by atoms with Crippen LogP contribution in [0.15, 0.2) is 4.99 Å². The maximum Gasteiger partial charge on any atom is 0.407 e. The number of ether oxygens (including phenoxy) is 1. The second-order valence-corrected chi connectivity index (χ2v) is 4.63. The van der Waals surface area contributed by atoms with Crippen molar-refractivity contribution in [2.24, 2.45) is 10.9 Å². The largest absolute Gasteiger partial charge is 0.453 e. The van der Waals surface area contributed by atoms with Gasteiger partial charge in [0.25, 0.3) is 0 Å². The smallest absolute Gasteiger partial charge is 0.407 e. The molecule has 1 amide bonds. The van der Waals surface area contributed by atoms with Crippen LogP contribution in [0.2, 0.25) is 0 Å². The molecular weight excluding hydrogens is 218 g/mol. The van der Waals surface area contributed by atoms with Crippen LogP contribution in [0.1, 0.15) is 26.7 Å². The molecule has 0 radical (unpaired) electrons. The zero-order valence-electron chi connectivity index (χ0n) is 11.2. The number of carbonyl (C=O) groups is 1. The van der Waals surface area contributed by atoms with Crippen molar-refractivity contribution in [2.75, 3.05) is 27.2 Å². The van der Waals surface area contributed by atoms with Crippen LogP contribution >= 0.6 is 0 Å². The van der Waals surface area contributed by atoms with Crippen LogP contribution in [0.4, 0.5) is 4.79 Å². The molecule has 0 spiro atoms. The Labute approximate surface area is 103 Å². The van der Waals surface area contributed by atoms with Crippen LogP contribution in [0, 0.1) is 5.92 Å². The lowest BCUT2D eigenvalue weighted by Crippen LogP contribution is -2.50. The quantitative estimate of drug-likeness (QED) is 0.601. The van der Waals surface area contributed by atoms with Crippen molar-refractivity contribution in [2.45, 2.75) is 32.7 Å². The number of rotatable bonds is 3. The molecule has 1 saturated heterocycles. The molecule has 0 aromatic rings. The van der Waals surface area contributed by atoms with Crippen molar-refractivity contribution >= 4 is 11.9 Å². The normalized spacial score (nSPS) is 18.4. The molecule has 0 aliphatic carbocycles. The Hall–Kier alpha value is -1.26. The molecule has 98 valence electrons. The van der Waals surface area contributed by atoms with E-state index in [4.69, 9.17) is 0 Å². The third kappa shape index (κ3) is 3.61. The number of amides is 1. The van der Waals surface area contributed by atoms with Gasteiger partial charge in [0.2, 0.25) is 0 Å². The van der Waals surface area contributed by atoms with E-state index in [-0.39, 0.29) is 12.0 Å². The fraction of sp³-hybridized carbons (Fsp3) is 0.833. The summed E-state index contributed by atoms with van der Waals surface area (Å²) in [5.41, 5.74) is 0. The number of nitrogens with one attached hydrogen (secondary N) is 1. The Morgan fingerprint density at radius 1 is 1.35 bits per heavy atom. The van der Waals surface area contributed by atoms with Gasteiger partial charge >= 0.3 is 6.09 Å². The van der Waals surface area contributed by atoms with E-state index < -0.39 is 6.09 Å². The van der Waals surface area contributed by atoms with Gasteiger partial charge in [-0.15, -0.1) is 0 Å². The number of likely N-dealkylation sites (tertiary alicyclic amines) is 1. The maximum atomic E-state index is 11.4. The molecule has 1 heterocycles. The number of hydrogen-bond acceptors (Lipinski definition) is 3. The van der Waals surface area contributed by atoms with Gasteiger partial charge in [-0.2, -0.15) is 0 Å². The fourth-order valence-electron chi connectivity index (χ4n) is 2.14. The van der Waals surface area contributed by atoms with Crippen molar-refractivity contribution in [1.29, 1.82) is 0 Å². The number of aliphatic imine (C=N–C) groups is 1. The highest BCUT2D eigenvalue weighted by atomic mass is 16.5. The van der Waals surface area contributed by atoms with Crippen molar-refractivity contribution in [3.63, 3.8) is 0 Å². The number of nitrogens with zero attached hydrogens (tertiary/aromatic N) is 2. The number of methoxy groups -OCH3 is 1. The molecule has 0 aromatic carbocycles. The van der Waals surface area contributed by atoms with E-state index in [2.05, 4.69) is 33.8 Å². The van der Waals surface area contributed by atoms with Crippen molar-refractivity contribution in [1.82, 2.24) is 10.2 Å². The molecule has 0 aromatic heterocycles. The van der Waals surface area contributed by atoms with Crippen LogP contribution in [0.25, 0.3) is 0 Å². The Morgan fingerprint density at radius 3 is 2.35 bits per heavy atom. The SMILES string of the molecule is CN=C(C(NC(=O)OC)C(C)C)N1CCCC1. The summed E-state index contributed by atoms with van der Waals surface area (Å²) in [6, 6.07) is -0.0782. The first-order chi connectivity index (χ1) is 8.10. The van der Waals surface area contributed by atoms with Gasteiger partial charge in [0.05, 0.1) is 13.2 Å². The zero-order chi connectivity index (χ0) is 12.8. The van der Waals surface area contributed by atoms with Gasteiger partial charge in [-0.05, 0) is 18.8 Å². The third-order valence-corrected chi connectivity index (χ3v) is 3.06. The van der Waals surface area contributed by atoms with E-state index in [0.717, 1.165) is 18.9 Å². The maximum absolute atomic E-state index is 11.4. The summed E-state index contributed by atoms with van der Waals surface area (Å²) in [6.45, 7) is 6.20. The molecule has 1 aliphatic heterocycles. The number of carbonyl (C=O) groups excluding carboxylic acids is 1. The first-order valence-electron chi connectivity index (χ1n) is 6.16. The first-order valence-corrected chi connectivity index (χ1v) is 6.16.